The van der Waals surface area contributed by atoms with Gasteiger partial charge < -0.3 is 20.0 Å². The summed E-state index contributed by atoms with van der Waals surface area (Å²) < 4.78 is 5.70. The van der Waals surface area contributed by atoms with Crippen LogP contribution in [0.15, 0.2) is 69.8 Å². The Morgan fingerprint density at radius 2 is 1.62 bits per heavy atom. The van der Waals surface area contributed by atoms with Crippen molar-refractivity contribution in [2.75, 3.05) is 23.7 Å². The maximum Gasteiger partial charge on any atom is 0.291 e. The van der Waals surface area contributed by atoms with E-state index in [0.717, 1.165) is 32.4 Å². The van der Waals surface area contributed by atoms with E-state index in [0.29, 0.717) is 27.2 Å². The van der Waals surface area contributed by atoms with E-state index in [1.165, 1.54) is 0 Å². The minimum Gasteiger partial charge on any atom is -0.444 e. The van der Waals surface area contributed by atoms with Crippen LogP contribution < -0.4 is 10.6 Å². The zero-order valence-corrected chi connectivity index (χ0v) is 18.9. The van der Waals surface area contributed by atoms with Gasteiger partial charge in [0, 0.05) is 24.3 Å². The van der Waals surface area contributed by atoms with Crippen molar-refractivity contribution in [1.29, 1.82) is 0 Å². The fraction of sp³-hybridized carbons (Fsp3) is 0.208. The van der Waals surface area contributed by atoms with Crippen molar-refractivity contribution in [3.8, 4) is 0 Å². The standard InChI is InChI=1S/C24H22BrN3O4/c25-21-12-11-20(32-21)23(30)26-17-8-6-7-16(15-17)22(29)27-19-10-3-2-9-18(19)24(31)28-13-4-1-5-14-28/h2-3,6-12,15H,1,4-5,13-14H2,(H,26,30)(H,27,29). The number of anilines is 2. The monoisotopic (exact) mass is 495 g/mol. The van der Waals surface area contributed by atoms with Gasteiger partial charge in [0.15, 0.2) is 10.4 Å². The normalized spacial score (nSPS) is 13.5. The Morgan fingerprint density at radius 3 is 2.38 bits per heavy atom. The van der Waals surface area contributed by atoms with Gasteiger partial charge in [-0.3, -0.25) is 14.4 Å². The third-order valence-electron chi connectivity index (χ3n) is 5.23. The number of nitrogens with one attached hydrogen (secondary N) is 2. The molecule has 3 amide bonds. The predicted octanol–water partition coefficient (Wildman–Crippen LogP) is 5.17. The van der Waals surface area contributed by atoms with Crippen LogP contribution in [-0.4, -0.2) is 35.7 Å². The molecule has 164 valence electrons. The fourth-order valence-corrected chi connectivity index (χ4v) is 3.91. The van der Waals surface area contributed by atoms with Gasteiger partial charge in [0.25, 0.3) is 17.7 Å². The van der Waals surface area contributed by atoms with E-state index in [4.69, 9.17) is 4.42 Å². The zero-order chi connectivity index (χ0) is 22.5. The Balaban J connectivity index is 1.48. The van der Waals surface area contributed by atoms with Gasteiger partial charge >= 0.3 is 0 Å². The summed E-state index contributed by atoms with van der Waals surface area (Å²) in [5, 5.41) is 5.55. The molecular weight excluding hydrogens is 474 g/mol. The Hall–Kier alpha value is -3.39. The van der Waals surface area contributed by atoms with Crippen LogP contribution in [0.4, 0.5) is 11.4 Å². The summed E-state index contributed by atoms with van der Waals surface area (Å²) in [6.07, 6.45) is 3.12. The lowest BCUT2D eigenvalue weighted by Crippen LogP contribution is -2.36. The highest BCUT2D eigenvalue weighted by molar-refractivity contribution is 9.10. The molecule has 0 aliphatic carbocycles. The Bertz CT molecular complexity index is 1150. The molecule has 4 rings (SSSR count). The van der Waals surface area contributed by atoms with E-state index in [1.54, 1.807) is 60.7 Å². The summed E-state index contributed by atoms with van der Waals surface area (Å²) in [5.74, 6) is -0.727. The van der Waals surface area contributed by atoms with Gasteiger partial charge in [-0.05, 0) is 77.7 Å². The van der Waals surface area contributed by atoms with Crippen molar-refractivity contribution < 1.29 is 18.8 Å². The van der Waals surface area contributed by atoms with E-state index in [2.05, 4.69) is 26.6 Å². The number of nitrogens with zero attached hydrogens (tertiary/aromatic N) is 1. The minimum absolute atomic E-state index is 0.0776. The van der Waals surface area contributed by atoms with Gasteiger partial charge in [0.2, 0.25) is 0 Å². The molecule has 0 spiro atoms. The highest BCUT2D eigenvalue weighted by Gasteiger charge is 2.21. The van der Waals surface area contributed by atoms with Gasteiger partial charge in [-0.15, -0.1) is 0 Å². The maximum absolute atomic E-state index is 13.0. The van der Waals surface area contributed by atoms with E-state index >= 15 is 0 Å². The second kappa shape index (κ2) is 9.82. The van der Waals surface area contributed by atoms with Crippen molar-refractivity contribution in [3.63, 3.8) is 0 Å². The van der Waals surface area contributed by atoms with Crippen LogP contribution in [-0.2, 0) is 0 Å². The highest BCUT2D eigenvalue weighted by atomic mass is 79.9. The van der Waals surface area contributed by atoms with Crippen LogP contribution in [0.5, 0.6) is 0 Å². The topological polar surface area (TPSA) is 91.7 Å². The molecule has 1 aliphatic heterocycles. The van der Waals surface area contributed by atoms with Crippen LogP contribution in [0.25, 0.3) is 0 Å². The minimum atomic E-state index is -0.425. The average Bonchev–Trinajstić information content (AvgIpc) is 3.26. The molecule has 2 heterocycles. The van der Waals surface area contributed by atoms with Gasteiger partial charge in [-0.25, -0.2) is 0 Å². The first kappa shape index (κ1) is 21.8. The molecule has 0 atom stereocenters. The Morgan fingerprint density at radius 1 is 0.844 bits per heavy atom. The molecule has 1 aliphatic rings. The summed E-state index contributed by atoms with van der Waals surface area (Å²) in [7, 11) is 0. The van der Waals surface area contributed by atoms with Crippen molar-refractivity contribution >= 4 is 45.0 Å². The molecule has 3 aromatic rings. The smallest absolute Gasteiger partial charge is 0.291 e. The number of para-hydroxylation sites is 1. The molecule has 2 aromatic carbocycles. The summed E-state index contributed by atoms with van der Waals surface area (Å²) in [5.41, 5.74) is 1.73. The number of likely N-dealkylation sites (tertiary alicyclic amines) is 1. The second-order valence-corrected chi connectivity index (χ2v) is 8.27. The number of furan rings is 1. The third-order valence-corrected chi connectivity index (χ3v) is 5.65. The zero-order valence-electron chi connectivity index (χ0n) is 17.3. The largest absolute Gasteiger partial charge is 0.444 e. The van der Waals surface area contributed by atoms with E-state index in [1.807, 2.05) is 4.90 Å². The van der Waals surface area contributed by atoms with E-state index < -0.39 is 5.91 Å². The van der Waals surface area contributed by atoms with Gasteiger partial charge in [0.05, 0.1) is 11.3 Å². The summed E-state index contributed by atoms with van der Waals surface area (Å²) >= 11 is 3.16. The average molecular weight is 496 g/mol. The van der Waals surface area contributed by atoms with Crippen LogP contribution >= 0.6 is 15.9 Å². The summed E-state index contributed by atoms with van der Waals surface area (Å²) in [6.45, 7) is 1.46. The summed E-state index contributed by atoms with van der Waals surface area (Å²) in [4.78, 5) is 40.0. The quantitative estimate of drug-likeness (QED) is 0.510. The van der Waals surface area contributed by atoms with Gasteiger partial charge in [-0.2, -0.15) is 0 Å². The first-order valence-corrected chi connectivity index (χ1v) is 11.2. The fourth-order valence-electron chi connectivity index (χ4n) is 3.61. The third kappa shape index (κ3) is 5.08. The number of halogens is 1. The lowest BCUT2D eigenvalue weighted by Gasteiger charge is -2.27. The van der Waals surface area contributed by atoms with E-state index in [9.17, 15) is 14.4 Å². The van der Waals surface area contributed by atoms with Crippen LogP contribution in [0.3, 0.4) is 0 Å². The molecule has 1 saturated heterocycles. The molecule has 1 fully saturated rings. The molecule has 32 heavy (non-hydrogen) atoms. The summed E-state index contributed by atoms with van der Waals surface area (Å²) in [6, 6.07) is 16.8. The number of piperidine rings is 1. The molecule has 0 bridgehead atoms. The molecule has 0 saturated carbocycles. The van der Waals surface area contributed by atoms with Crippen LogP contribution in [0.2, 0.25) is 0 Å². The van der Waals surface area contributed by atoms with Gasteiger partial charge in [0.1, 0.15) is 0 Å². The Kier molecular flexibility index (Phi) is 6.70. The van der Waals surface area contributed by atoms with Crippen molar-refractivity contribution in [2.24, 2.45) is 0 Å². The predicted molar refractivity (Wildman–Crippen MR) is 125 cm³/mol. The molecule has 2 N–H and O–H groups in total. The number of benzene rings is 2. The number of carbonyl (C=O) groups excluding carboxylic acids is 3. The second-order valence-electron chi connectivity index (χ2n) is 7.49. The lowest BCUT2D eigenvalue weighted by atomic mass is 10.1. The molecule has 0 radical (unpaired) electrons. The van der Waals surface area contributed by atoms with E-state index in [-0.39, 0.29) is 17.6 Å². The van der Waals surface area contributed by atoms with Crippen LogP contribution in [0, 0.1) is 0 Å². The molecule has 1 aromatic heterocycles. The maximum atomic E-state index is 13.0. The van der Waals surface area contributed by atoms with Crippen molar-refractivity contribution in [1.82, 2.24) is 4.90 Å². The van der Waals surface area contributed by atoms with Crippen LogP contribution in [0.1, 0.15) is 50.5 Å². The number of rotatable bonds is 5. The molecular formula is C24H22BrN3O4. The van der Waals surface area contributed by atoms with Crippen molar-refractivity contribution in [2.45, 2.75) is 19.3 Å². The first-order chi connectivity index (χ1) is 15.5. The number of hydrogen-bond donors (Lipinski definition) is 2. The number of carbonyl (C=O) groups is 3. The number of hydrogen-bond acceptors (Lipinski definition) is 4. The lowest BCUT2D eigenvalue weighted by molar-refractivity contribution is 0.0725. The SMILES string of the molecule is O=C(Nc1ccccc1C(=O)N1CCCCC1)c1cccc(NC(=O)c2ccc(Br)o2)c1. The molecule has 0 unspecified atom stereocenters. The highest BCUT2D eigenvalue weighted by Crippen LogP contribution is 2.22. The van der Waals surface area contributed by atoms with Crippen molar-refractivity contribution in [3.05, 3.63) is 82.2 Å². The van der Waals surface area contributed by atoms with Gasteiger partial charge in [-0.1, -0.05) is 18.2 Å². The number of amides is 3. The first-order valence-electron chi connectivity index (χ1n) is 10.4. The Labute approximate surface area is 193 Å². The molecule has 8 heteroatoms. The molecule has 7 nitrogen and oxygen atoms in total.